The van der Waals surface area contributed by atoms with Gasteiger partial charge in [0, 0.05) is 11.1 Å². The summed E-state index contributed by atoms with van der Waals surface area (Å²) in [5.41, 5.74) is 7.12. The number of carbonyl (C=O) groups excluding carboxylic acids is 2. The first-order valence-electron chi connectivity index (χ1n) is 15.0. The van der Waals surface area contributed by atoms with Crippen molar-refractivity contribution in [3.8, 4) is 0 Å². The lowest BCUT2D eigenvalue weighted by molar-refractivity contribution is -0.133. The highest BCUT2D eigenvalue weighted by molar-refractivity contribution is 6.47. The first kappa shape index (κ1) is 31.7. The molecular formula is C33H43ClFN5O2. The van der Waals surface area contributed by atoms with Crippen LogP contribution in [0.3, 0.4) is 0 Å². The molecule has 1 unspecified atom stereocenters. The van der Waals surface area contributed by atoms with Crippen LogP contribution in [0.1, 0.15) is 107 Å². The van der Waals surface area contributed by atoms with E-state index in [4.69, 9.17) is 27.7 Å². The third-order valence-electron chi connectivity index (χ3n) is 9.33. The summed E-state index contributed by atoms with van der Waals surface area (Å²) in [5.74, 6) is -0.602. The Kier molecular flexibility index (Phi) is 9.76. The van der Waals surface area contributed by atoms with Crippen molar-refractivity contribution < 1.29 is 14.0 Å². The molecule has 1 heterocycles. The van der Waals surface area contributed by atoms with E-state index < -0.39 is 11.5 Å². The van der Waals surface area contributed by atoms with Crippen LogP contribution < -0.4 is 11.1 Å². The Hall–Kier alpha value is -3.26. The van der Waals surface area contributed by atoms with Crippen LogP contribution in [0.15, 0.2) is 47.5 Å². The van der Waals surface area contributed by atoms with Crippen LogP contribution in [0.5, 0.6) is 0 Å². The summed E-state index contributed by atoms with van der Waals surface area (Å²) in [6.07, 6.45) is 7.12. The van der Waals surface area contributed by atoms with Crippen LogP contribution in [0.25, 0.3) is 0 Å². The molecule has 4 rings (SSSR count). The van der Waals surface area contributed by atoms with Crippen LogP contribution in [-0.4, -0.2) is 40.5 Å². The maximum absolute atomic E-state index is 14.4. The monoisotopic (exact) mass is 595 g/mol. The van der Waals surface area contributed by atoms with Crippen LogP contribution in [0, 0.1) is 22.6 Å². The molecule has 4 N–H and O–H groups in total. The van der Waals surface area contributed by atoms with Gasteiger partial charge in [-0.2, -0.15) is 0 Å². The largest absolute Gasteiger partial charge is 0.386 e. The summed E-state index contributed by atoms with van der Waals surface area (Å²) in [6, 6.07) is 11.4. The molecule has 1 spiro atoms. The molecule has 226 valence electrons. The Morgan fingerprint density at radius 3 is 2.45 bits per heavy atom. The molecule has 9 heteroatoms. The third-order valence-corrected chi connectivity index (χ3v) is 9.61. The van der Waals surface area contributed by atoms with E-state index >= 15 is 0 Å². The molecule has 2 aromatic carbocycles. The number of carbonyl (C=O) groups is 2. The number of unbranched alkanes of at least 4 members (excludes halogenated alkanes) is 1. The smallest absolute Gasteiger partial charge is 0.275 e. The number of amidine groups is 1. The minimum Gasteiger partial charge on any atom is -0.386 e. The summed E-state index contributed by atoms with van der Waals surface area (Å²) < 4.78 is 14.0. The molecule has 0 saturated heterocycles. The fourth-order valence-corrected chi connectivity index (χ4v) is 6.54. The summed E-state index contributed by atoms with van der Waals surface area (Å²) in [7, 11) is 0. The number of benzene rings is 2. The van der Waals surface area contributed by atoms with Crippen LogP contribution in [-0.2, 0) is 4.79 Å². The van der Waals surface area contributed by atoms with Gasteiger partial charge >= 0.3 is 0 Å². The van der Waals surface area contributed by atoms with Gasteiger partial charge in [-0.05, 0) is 79.3 Å². The van der Waals surface area contributed by atoms with Gasteiger partial charge < -0.3 is 16.0 Å². The molecule has 1 aliphatic heterocycles. The number of nitrogens with two attached hydrogens (primary N) is 1. The predicted octanol–water partition coefficient (Wildman–Crippen LogP) is 7.03. The van der Waals surface area contributed by atoms with Crippen molar-refractivity contribution >= 4 is 35.0 Å². The highest BCUT2D eigenvalue weighted by atomic mass is 35.5. The van der Waals surface area contributed by atoms with Crippen molar-refractivity contribution in [1.82, 2.24) is 10.2 Å². The van der Waals surface area contributed by atoms with Crippen molar-refractivity contribution in [1.29, 1.82) is 5.41 Å². The standard InChI is InChI=1S/C33H43ClFN5O2/c1-5-7-8-27(21-9-11-22(12-10-21)30(41)38-20-28(36)37)40-31(42)29(23-13-14-26(35)25(34)19-23)39-33(40)17-15-24(16-18-33)32(3,4)6-2/h9-14,19,24,27H,5-8,15-18,20H2,1-4H3,(H3,36,37)(H,38,41). The Balaban J connectivity index is 1.73. The molecule has 1 aliphatic carbocycles. The van der Waals surface area contributed by atoms with Gasteiger partial charge in [0.05, 0.1) is 17.6 Å². The fraction of sp³-hybridized carbons (Fsp3) is 0.515. The first-order valence-corrected chi connectivity index (χ1v) is 15.4. The molecule has 0 radical (unpaired) electrons. The van der Waals surface area contributed by atoms with Gasteiger partial charge in [0.15, 0.2) is 0 Å². The van der Waals surface area contributed by atoms with E-state index in [1.54, 1.807) is 18.2 Å². The number of halogens is 2. The highest BCUT2D eigenvalue weighted by Crippen LogP contribution is 2.50. The van der Waals surface area contributed by atoms with E-state index in [1.807, 2.05) is 17.0 Å². The van der Waals surface area contributed by atoms with E-state index in [9.17, 15) is 14.0 Å². The normalized spacial score (nSPS) is 21.4. The second-order valence-corrected chi connectivity index (χ2v) is 12.8. The second kappa shape index (κ2) is 12.9. The molecule has 2 amide bonds. The van der Waals surface area contributed by atoms with Gasteiger partial charge in [-0.3, -0.25) is 20.0 Å². The first-order chi connectivity index (χ1) is 19.9. The summed E-state index contributed by atoms with van der Waals surface area (Å²) in [4.78, 5) is 34.1. The Bertz CT molecular complexity index is 1350. The van der Waals surface area contributed by atoms with Crippen molar-refractivity contribution in [3.63, 3.8) is 0 Å². The number of amides is 2. The molecule has 7 nitrogen and oxygen atoms in total. The topological polar surface area (TPSA) is 112 Å². The number of nitrogens with one attached hydrogen (secondary N) is 2. The van der Waals surface area contributed by atoms with Crippen molar-refractivity contribution in [3.05, 3.63) is 70.0 Å². The Morgan fingerprint density at radius 2 is 1.88 bits per heavy atom. The highest BCUT2D eigenvalue weighted by Gasteiger charge is 2.52. The molecule has 0 bridgehead atoms. The predicted molar refractivity (Wildman–Crippen MR) is 167 cm³/mol. The minimum absolute atomic E-state index is 0.0200. The summed E-state index contributed by atoms with van der Waals surface area (Å²) >= 11 is 6.14. The van der Waals surface area contributed by atoms with Crippen LogP contribution in [0.4, 0.5) is 4.39 Å². The summed E-state index contributed by atoms with van der Waals surface area (Å²) in [6.45, 7) is 8.98. The minimum atomic E-state index is -0.705. The Labute approximate surface area is 253 Å². The molecule has 1 fully saturated rings. The summed E-state index contributed by atoms with van der Waals surface area (Å²) in [5, 5.41) is 9.96. The zero-order valence-corrected chi connectivity index (χ0v) is 25.9. The fourth-order valence-electron chi connectivity index (χ4n) is 6.36. The van der Waals surface area contributed by atoms with Gasteiger partial charge in [-0.25, -0.2) is 4.39 Å². The zero-order chi connectivity index (χ0) is 30.7. The molecular weight excluding hydrogens is 553 g/mol. The van der Waals surface area contributed by atoms with Crippen LogP contribution >= 0.6 is 11.6 Å². The lowest BCUT2D eigenvalue weighted by Gasteiger charge is -2.48. The van der Waals surface area contributed by atoms with Crippen LogP contribution in [0.2, 0.25) is 5.02 Å². The van der Waals surface area contributed by atoms with Crippen molar-refractivity contribution in [2.45, 2.75) is 90.8 Å². The van der Waals surface area contributed by atoms with Gasteiger partial charge in [0.25, 0.3) is 11.8 Å². The lowest BCUT2D eigenvalue weighted by atomic mass is 9.67. The van der Waals surface area contributed by atoms with E-state index in [2.05, 4.69) is 33.0 Å². The molecule has 2 aliphatic rings. The Morgan fingerprint density at radius 1 is 1.21 bits per heavy atom. The maximum atomic E-state index is 14.4. The lowest BCUT2D eigenvalue weighted by Crippen LogP contribution is -2.51. The van der Waals surface area contributed by atoms with Crippen molar-refractivity contribution in [2.24, 2.45) is 22.1 Å². The molecule has 1 atom stereocenters. The quantitative estimate of drug-likeness (QED) is 0.191. The van der Waals surface area contributed by atoms with E-state index in [1.165, 1.54) is 12.1 Å². The number of aliphatic imine (C=N–C) groups is 1. The van der Waals surface area contributed by atoms with Gasteiger partial charge in [-0.15, -0.1) is 0 Å². The third kappa shape index (κ3) is 6.54. The van der Waals surface area contributed by atoms with Gasteiger partial charge in [0.2, 0.25) is 0 Å². The van der Waals surface area contributed by atoms with Gasteiger partial charge in [0.1, 0.15) is 23.0 Å². The number of rotatable bonds is 11. The number of hydrogen-bond donors (Lipinski definition) is 3. The SMILES string of the molecule is CCCCC(c1ccc(C(=O)NCC(=N)N)cc1)N1C(=O)C(c2ccc(F)c(Cl)c2)=NC12CCC(C(C)(C)CC)CC2. The van der Waals surface area contributed by atoms with E-state index in [-0.39, 0.29) is 40.7 Å². The van der Waals surface area contributed by atoms with Gasteiger partial charge in [-0.1, -0.05) is 70.7 Å². The zero-order valence-electron chi connectivity index (χ0n) is 25.1. The number of nitrogens with zero attached hydrogens (tertiary/aromatic N) is 2. The number of hydrogen-bond acceptors (Lipinski definition) is 4. The molecule has 1 saturated carbocycles. The maximum Gasteiger partial charge on any atom is 0.275 e. The van der Waals surface area contributed by atoms with Crippen molar-refractivity contribution in [2.75, 3.05) is 6.54 Å². The van der Waals surface area contributed by atoms with E-state index in [0.717, 1.165) is 56.9 Å². The average Bonchev–Trinajstić information content (AvgIpc) is 3.25. The average molecular weight is 596 g/mol. The second-order valence-electron chi connectivity index (χ2n) is 12.4. The van der Waals surface area contributed by atoms with E-state index in [0.29, 0.717) is 22.8 Å². The molecule has 0 aromatic heterocycles. The molecule has 42 heavy (non-hydrogen) atoms. The molecule has 2 aromatic rings.